The highest BCUT2D eigenvalue weighted by Crippen LogP contribution is 2.21. The fraction of sp³-hybridized carbons (Fsp3) is 0.235. The minimum atomic E-state index is -0.175. The maximum absolute atomic E-state index is 12.1. The minimum Gasteiger partial charge on any atom is -0.371 e. The van der Waals surface area contributed by atoms with Crippen LogP contribution in [0.2, 0.25) is 5.02 Å². The van der Waals surface area contributed by atoms with E-state index in [0.717, 1.165) is 30.9 Å². The fourth-order valence-corrected chi connectivity index (χ4v) is 2.58. The van der Waals surface area contributed by atoms with Gasteiger partial charge in [0.25, 0.3) is 5.91 Å². The number of ether oxygens (including phenoxy) is 1. The first-order valence-electron chi connectivity index (χ1n) is 7.21. The van der Waals surface area contributed by atoms with Crippen LogP contribution in [0.5, 0.6) is 0 Å². The molecule has 3 rings (SSSR count). The van der Waals surface area contributed by atoms with E-state index in [1.54, 1.807) is 24.3 Å². The molecule has 1 aliphatic heterocycles. The first-order chi connectivity index (χ1) is 10.7. The van der Waals surface area contributed by atoms with E-state index in [-0.39, 0.29) is 24.4 Å². The molecule has 1 atom stereocenters. The van der Waals surface area contributed by atoms with Crippen molar-refractivity contribution in [2.24, 2.45) is 0 Å². The Morgan fingerprint density at radius 1 is 1.22 bits per heavy atom. The molecule has 1 fully saturated rings. The van der Waals surface area contributed by atoms with Gasteiger partial charge in [0.2, 0.25) is 0 Å². The van der Waals surface area contributed by atoms with Crippen molar-refractivity contribution in [3.63, 3.8) is 0 Å². The second-order valence-electron chi connectivity index (χ2n) is 5.15. The first kappa shape index (κ1) is 17.8. The first-order valence-corrected chi connectivity index (χ1v) is 7.59. The molecule has 1 saturated heterocycles. The summed E-state index contributed by atoms with van der Waals surface area (Å²) >= 11 is 5.90. The Balaban J connectivity index is 0.00000192. The van der Waals surface area contributed by atoms with E-state index in [9.17, 15) is 4.79 Å². The van der Waals surface area contributed by atoms with Gasteiger partial charge >= 0.3 is 0 Å². The van der Waals surface area contributed by atoms with Gasteiger partial charge in [-0.25, -0.2) is 0 Å². The summed E-state index contributed by atoms with van der Waals surface area (Å²) in [6.07, 6.45) is 0.0754. The van der Waals surface area contributed by atoms with Gasteiger partial charge in [0, 0.05) is 29.4 Å². The van der Waals surface area contributed by atoms with Gasteiger partial charge in [-0.1, -0.05) is 29.8 Å². The second-order valence-corrected chi connectivity index (χ2v) is 5.59. The van der Waals surface area contributed by atoms with Gasteiger partial charge < -0.3 is 15.4 Å². The summed E-state index contributed by atoms with van der Waals surface area (Å²) in [5.74, 6) is -0.175. The van der Waals surface area contributed by atoms with E-state index in [1.165, 1.54) is 0 Å². The molecule has 23 heavy (non-hydrogen) atoms. The highest BCUT2D eigenvalue weighted by Gasteiger charge is 2.15. The van der Waals surface area contributed by atoms with Crippen LogP contribution in [-0.2, 0) is 4.74 Å². The SMILES string of the molecule is Cl.O=C(Nc1ccc([C@@H]2CNCCO2)cc1)c1cccc(Cl)c1. The van der Waals surface area contributed by atoms with Gasteiger partial charge in [0.15, 0.2) is 0 Å². The van der Waals surface area contributed by atoms with Crippen LogP contribution in [0.3, 0.4) is 0 Å². The van der Waals surface area contributed by atoms with Crippen LogP contribution >= 0.6 is 24.0 Å². The maximum Gasteiger partial charge on any atom is 0.255 e. The number of anilines is 1. The average molecular weight is 353 g/mol. The molecule has 1 amide bonds. The smallest absolute Gasteiger partial charge is 0.255 e. The van der Waals surface area contributed by atoms with Crippen molar-refractivity contribution in [3.05, 3.63) is 64.7 Å². The Bertz CT molecular complexity index is 656. The number of morpholine rings is 1. The molecule has 0 aromatic heterocycles. The van der Waals surface area contributed by atoms with Crippen molar-refractivity contribution in [1.82, 2.24) is 5.32 Å². The summed E-state index contributed by atoms with van der Waals surface area (Å²) in [5.41, 5.74) is 2.39. The van der Waals surface area contributed by atoms with Gasteiger partial charge in [0.05, 0.1) is 12.7 Å². The molecule has 0 saturated carbocycles. The number of nitrogens with one attached hydrogen (secondary N) is 2. The van der Waals surface area contributed by atoms with Crippen molar-refractivity contribution in [2.45, 2.75) is 6.10 Å². The van der Waals surface area contributed by atoms with Crippen molar-refractivity contribution >= 4 is 35.6 Å². The standard InChI is InChI=1S/C17H17ClN2O2.ClH/c18-14-3-1-2-13(10-14)17(21)20-15-6-4-12(5-7-15)16-11-19-8-9-22-16;/h1-7,10,16,19H,8-9,11H2,(H,20,21);1H/t16-;/m0./s1. The third-order valence-electron chi connectivity index (χ3n) is 3.55. The number of rotatable bonds is 3. The fourth-order valence-electron chi connectivity index (χ4n) is 2.39. The molecule has 2 N–H and O–H groups in total. The summed E-state index contributed by atoms with van der Waals surface area (Å²) < 4.78 is 5.70. The lowest BCUT2D eigenvalue weighted by Crippen LogP contribution is -2.33. The molecular formula is C17H18Cl2N2O2. The van der Waals surface area contributed by atoms with Gasteiger partial charge in [0.1, 0.15) is 0 Å². The summed E-state index contributed by atoms with van der Waals surface area (Å²) in [4.78, 5) is 12.1. The average Bonchev–Trinajstić information content (AvgIpc) is 2.56. The van der Waals surface area contributed by atoms with Crippen LogP contribution in [0.25, 0.3) is 0 Å². The lowest BCUT2D eigenvalue weighted by molar-refractivity contribution is 0.0277. The number of amides is 1. The van der Waals surface area contributed by atoms with Crippen molar-refractivity contribution in [1.29, 1.82) is 0 Å². The molecular weight excluding hydrogens is 335 g/mol. The molecule has 0 aliphatic carbocycles. The Morgan fingerprint density at radius 3 is 2.65 bits per heavy atom. The highest BCUT2D eigenvalue weighted by molar-refractivity contribution is 6.31. The van der Waals surface area contributed by atoms with Gasteiger partial charge in [-0.15, -0.1) is 12.4 Å². The Morgan fingerprint density at radius 2 is 2.00 bits per heavy atom. The van der Waals surface area contributed by atoms with Crippen molar-refractivity contribution < 1.29 is 9.53 Å². The third kappa shape index (κ3) is 4.69. The number of benzene rings is 2. The van der Waals surface area contributed by atoms with Gasteiger partial charge in [-0.2, -0.15) is 0 Å². The molecule has 0 bridgehead atoms. The zero-order chi connectivity index (χ0) is 15.4. The van der Waals surface area contributed by atoms with Crippen molar-refractivity contribution in [2.75, 3.05) is 25.0 Å². The molecule has 1 heterocycles. The maximum atomic E-state index is 12.1. The van der Waals surface area contributed by atoms with Crippen LogP contribution in [-0.4, -0.2) is 25.6 Å². The zero-order valence-corrected chi connectivity index (χ0v) is 14.0. The Hall–Kier alpha value is -1.59. The van der Waals surface area contributed by atoms with E-state index in [1.807, 2.05) is 24.3 Å². The Kier molecular flexibility index (Phi) is 6.42. The molecule has 0 unspecified atom stereocenters. The molecule has 1 aliphatic rings. The monoisotopic (exact) mass is 352 g/mol. The number of carbonyl (C=O) groups excluding carboxylic acids is 1. The van der Waals surface area contributed by atoms with Gasteiger partial charge in [-0.3, -0.25) is 4.79 Å². The minimum absolute atomic E-state index is 0. The predicted molar refractivity (Wildman–Crippen MR) is 94.7 cm³/mol. The number of carbonyl (C=O) groups is 1. The van der Waals surface area contributed by atoms with E-state index in [2.05, 4.69) is 10.6 Å². The van der Waals surface area contributed by atoms with Gasteiger partial charge in [-0.05, 0) is 35.9 Å². The van der Waals surface area contributed by atoms with Crippen LogP contribution < -0.4 is 10.6 Å². The van der Waals surface area contributed by atoms with E-state index in [0.29, 0.717) is 10.6 Å². The normalized spacial score (nSPS) is 17.2. The quantitative estimate of drug-likeness (QED) is 0.885. The summed E-state index contributed by atoms with van der Waals surface area (Å²) in [6.45, 7) is 2.43. The highest BCUT2D eigenvalue weighted by atomic mass is 35.5. The third-order valence-corrected chi connectivity index (χ3v) is 3.79. The molecule has 0 radical (unpaired) electrons. The van der Waals surface area contributed by atoms with Crippen LogP contribution in [0, 0.1) is 0 Å². The topological polar surface area (TPSA) is 50.4 Å². The lowest BCUT2D eigenvalue weighted by Gasteiger charge is -2.24. The number of halogens is 2. The van der Waals surface area contributed by atoms with Crippen LogP contribution in [0.1, 0.15) is 22.0 Å². The molecule has 2 aromatic carbocycles. The molecule has 122 valence electrons. The molecule has 4 nitrogen and oxygen atoms in total. The number of hydrogen-bond donors (Lipinski definition) is 2. The predicted octanol–water partition coefficient (Wildman–Crippen LogP) is 3.68. The largest absolute Gasteiger partial charge is 0.371 e. The number of hydrogen-bond acceptors (Lipinski definition) is 3. The Labute approximate surface area is 146 Å². The van der Waals surface area contributed by atoms with E-state index < -0.39 is 0 Å². The molecule has 6 heteroatoms. The van der Waals surface area contributed by atoms with Crippen molar-refractivity contribution in [3.8, 4) is 0 Å². The van der Waals surface area contributed by atoms with E-state index >= 15 is 0 Å². The second kappa shape index (κ2) is 8.31. The summed E-state index contributed by atoms with van der Waals surface area (Å²) in [5, 5.41) is 6.71. The molecule has 2 aromatic rings. The van der Waals surface area contributed by atoms with Crippen LogP contribution in [0.15, 0.2) is 48.5 Å². The molecule has 0 spiro atoms. The lowest BCUT2D eigenvalue weighted by atomic mass is 10.1. The summed E-state index contributed by atoms with van der Waals surface area (Å²) in [7, 11) is 0. The summed E-state index contributed by atoms with van der Waals surface area (Å²) in [6, 6.07) is 14.6. The van der Waals surface area contributed by atoms with Crippen LogP contribution in [0.4, 0.5) is 5.69 Å². The van der Waals surface area contributed by atoms with E-state index in [4.69, 9.17) is 16.3 Å². The zero-order valence-electron chi connectivity index (χ0n) is 12.4.